The molecule has 0 atom stereocenters. The lowest BCUT2D eigenvalue weighted by Crippen LogP contribution is -1.95. The molecule has 0 aliphatic rings. The highest BCUT2D eigenvalue weighted by molar-refractivity contribution is 9.10. The first kappa shape index (κ1) is 8.66. The van der Waals surface area contributed by atoms with Crippen molar-refractivity contribution < 1.29 is 0 Å². The third kappa shape index (κ3) is 1.71. The number of pyridine rings is 1. The van der Waals surface area contributed by atoms with Crippen LogP contribution in [0.1, 0.15) is 5.56 Å². The molecule has 0 amide bonds. The second-order valence-electron chi connectivity index (χ2n) is 2.87. The Morgan fingerprint density at radius 1 is 1.23 bits per heavy atom. The zero-order valence-corrected chi connectivity index (χ0v) is 8.58. The van der Waals surface area contributed by atoms with Gasteiger partial charge in [-0.3, -0.25) is 0 Å². The van der Waals surface area contributed by atoms with E-state index in [9.17, 15) is 0 Å². The van der Waals surface area contributed by atoms with E-state index in [-0.39, 0.29) is 0 Å². The van der Waals surface area contributed by atoms with Gasteiger partial charge in [-0.1, -0.05) is 18.2 Å². The predicted molar refractivity (Wildman–Crippen MR) is 57.3 cm³/mol. The first-order valence-electron chi connectivity index (χ1n) is 4.05. The monoisotopic (exact) mass is 236 g/mol. The SMILES string of the molecule is NCc1ccc2ccc(Br)nc2c1. The van der Waals surface area contributed by atoms with Crippen LogP contribution in [0.15, 0.2) is 34.9 Å². The van der Waals surface area contributed by atoms with E-state index in [1.807, 2.05) is 30.3 Å². The number of fused-ring (bicyclic) bond motifs is 1. The van der Waals surface area contributed by atoms with Crippen LogP contribution >= 0.6 is 15.9 Å². The number of nitrogens with zero attached hydrogens (tertiary/aromatic N) is 1. The first-order valence-corrected chi connectivity index (χ1v) is 4.84. The van der Waals surface area contributed by atoms with E-state index in [2.05, 4.69) is 20.9 Å². The molecule has 3 heteroatoms. The summed E-state index contributed by atoms with van der Waals surface area (Å²) in [6, 6.07) is 10.0. The molecule has 0 unspecified atom stereocenters. The summed E-state index contributed by atoms with van der Waals surface area (Å²) in [5.41, 5.74) is 7.63. The van der Waals surface area contributed by atoms with Crippen molar-refractivity contribution in [2.24, 2.45) is 5.73 Å². The number of hydrogen-bond acceptors (Lipinski definition) is 2. The fraction of sp³-hybridized carbons (Fsp3) is 0.100. The van der Waals surface area contributed by atoms with E-state index >= 15 is 0 Å². The van der Waals surface area contributed by atoms with Crippen molar-refractivity contribution in [2.45, 2.75) is 6.54 Å². The second-order valence-corrected chi connectivity index (χ2v) is 3.68. The maximum atomic E-state index is 5.54. The Bertz CT molecular complexity index is 440. The number of halogens is 1. The van der Waals surface area contributed by atoms with E-state index in [0.29, 0.717) is 6.54 Å². The highest BCUT2D eigenvalue weighted by atomic mass is 79.9. The molecule has 1 aromatic heterocycles. The number of hydrogen-bond donors (Lipinski definition) is 1. The van der Waals surface area contributed by atoms with Crippen LogP contribution < -0.4 is 5.73 Å². The van der Waals surface area contributed by atoms with Gasteiger partial charge in [0.05, 0.1) is 5.52 Å². The summed E-state index contributed by atoms with van der Waals surface area (Å²) < 4.78 is 0.856. The molecule has 1 aromatic carbocycles. The Kier molecular flexibility index (Phi) is 2.29. The molecule has 1 heterocycles. The third-order valence-corrected chi connectivity index (χ3v) is 2.40. The van der Waals surface area contributed by atoms with Gasteiger partial charge in [0.1, 0.15) is 4.60 Å². The van der Waals surface area contributed by atoms with E-state index in [1.165, 1.54) is 0 Å². The molecule has 2 nitrogen and oxygen atoms in total. The van der Waals surface area contributed by atoms with Crippen LogP contribution in [0.4, 0.5) is 0 Å². The maximum absolute atomic E-state index is 5.54. The molecule has 2 rings (SSSR count). The van der Waals surface area contributed by atoms with Crippen LogP contribution in [-0.4, -0.2) is 4.98 Å². The number of benzene rings is 1. The van der Waals surface area contributed by atoms with Crippen molar-refractivity contribution in [3.8, 4) is 0 Å². The highest BCUT2D eigenvalue weighted by Gasteiger charge is 1.96. The Morgan fingerprint density at radius 3 is 2.77 bits per heavy atom. The number of nitrogens with two attached hydrogens (primary N) is 1. The van der Waals surface area contributed by atoms with E-state index in [1.54, 1.807) is 0 Å². The summed E-state index contributed by atoms with van der Waals surface area (Å²) in [6.07, 6.45) is 0. The lowest BCUT2D eigenvalue weighted by molar-refractivity contribution is 1.07. The standard InChI is InChI=1S/C10H9BrN2/c11-10-4-3-8-2-1-7(6-12)5-9(8)13-10/h1-5H,6,12H2. The van der Waals surface area contributed by atoms with Gasteiger partial charge in [0.2, 0.25) is 0 Å². The van der Waals surface area contributed by atoms with Gasteiger partial charge >= 0.3 is 0 Å². The van der Waals surface area contributed by atoms with Gasteiger partial charge in [-0.05, 0) is 33.6 Å². The van der Waals surface area contributed by atoms with Crippen LogP contribution in [0.25, 0.3) is 10.9 Å². The molecule has 0 saturated carbocycles. The van der Waals surface area contributed by atoms with Gasteiger partial charge in [0, 0.05) is 11.9 Å². The molecule has 0 aliphatic heterocycles. The first-order chi connectivity index (χ1) is 6.29. The summed E-state index contributed by atoms with van der Waals surface area (Å²) in [5, 5.41) is 1.14. The van der Waals surface area contributed by atoms with Gasteiger partial charge in [0.25, 0.3) is 0 Å². The highest BCUT2D eigenvalue weighted by Crippen LogP contribution is 2.16. The van der Waals surface area contributed by atoms with Crippen molar-refractivity contribution >= 4 is 26.8 Å². The Balaban J connectivity index is 2.68. The molecule has 0 bridgehead atoms. The minimum absolute atomic E-state index is 0.560. The molecule has 0 aliphatic carbocycles. The van der Waals surface area contributed by atoms with Gasteiger partial charge in [-0.15, -0.1) is 0 Å². The van der Waals surface area contributed by atoms with Crippen molar-refractivity contribution in [1.82, 2.24) is 4.98 Å². The molecule has 0 radical (unpaired) electrons. The third-order valence-electron chi connectivity index (χ3n) is 1.96. The van der Waals surface area contributed by atoms with Crippen molar-refractivity contribution in [1.29, 1.82) is 0 Å². The normalized spacial score (nSPS) is 10.6. The van der Waals surface area contributed by atoms with Crippen LogP contribution in [0.2, 0.25) is 0 Å². The van der Waals surface area contributed by atoms with Crippen LogP contribution in [0, 0.1) is 0 Å². The topological polar surface area (TPSA) is 38.9 Å². The average molecular weight is 237 g/mol. The summed E-state index contributed by atoms with van der Waals surface area (Å²) in [5.74, 6) is 0. The average Bonchev–Trinajstić information content (AvgIpc) is 2.16. The smallest absolute Gasteiger partial charge is 0.106 e. The number of rotatable bonds is 1. The van der Waals surface area contributed by atoms with Crippen LogP contribution in [0.3, 0.4) is 0 Å². The Morgan fingerprint density at radius 2 is 2.00 bits per heavy atom. The fourth-order valence-corrected chi connectivity index (χ4v) is 1.59. The molecule has 0 spiro atoms. The molecule has 0 fully saturated rings. The van der Waals surface area contributed by atoms with Gasteiger partial charge in [-0.25, -0.2) is 4.98 Å². The van der Waals surface area contributed by atoms with Crippen LogP contribution in [-0.2, 0) is 6.54 Å². The quantitative estimate of drug-likeness (QED) is 0.773. The molecule has 0 saturated heterocycles. The Hall–Kier alpha value is -0.930. The predicted octanol–water partition coefficient (Wildman–Crippen LogP) is 2.46. The zero-order valence-electron chi connectivity index (χ0n) is 7.00. The molecule has 2 aromatic rings. The maximum Gasteiger partial charge on any atom is 0.106 e. The Labute approximate surface area is 84.9 Å². The van der Waals surface area contributed by atoms with Crippen molar-refractivity contribution in [3.05, 3.63) is 40.5 Å². The fourth-order valence-electron chi connectivity index (χ4n) is 1.26. The molecule has 13 heavy (non-hydrogen) atoms. The molecular weight excluding hydrogens is 228 g/mol. The van der Waals surface area contributed by atoms with Gasteiger partial charge < -0.3 is 5.73 Å². The minimum Gasteiger partial charge on any atom is -0.326 e. The molecular formula is C10H9BrN2. The summed E-state index contributed by atoms with van der Waals surface area (Å²) in [4.78, 5) is 4.35. The summed E-state index contributed by atoms with van der Waals surface area (Å²) in [7, 11) is 0. The van der Waals surface area contributed by atoms with Crippen molar-refractivity contribution in [2.75, 3.05) is 0 Å². The molecule has 2 N–H and O–H groups in total. The summed E-state index contributed by atoms with van der Waals surface area (Å²) >= 11 is 3.34. The minimum atomic E-state index is 0.560. The van der Waals surface area contributed by atoms with E-state index in [4.69, 9.17) is 5.73 Å². The van der Waals surface area contributed by atoms with Crippen molar-refractivity contribution in [3.63, 3.8) is 0 Å². The van der Waals surface area contributed by atoms with Gasteiger partial charge in [0.15, 0.2) is 0 Å². The van der Waals surface area contributed by atoms with E-state index < -0.39 is 0 Å². The lowest BCUT2D eigenvalue weighted by Gasteiger charge is -2.00. The second kappa shape index (κ2) is 3.44. The van der Waals surface area contributed by atoms with Crippen LogP contribution in [0.5, 0.6) is 0 Å². The van der Waals surface area contributed by atoms with E-state index in [0.717, 1.165) is 21.1 Å². The largest absolute Gasteiger partial charge is 0.326 e. The zero-order chi connectivity index (χ0) is 9.26. The number of aromatic nitrogens is 1. The lowest BCUT2D eigenvalue weighted by atomic mass is 10.1. The van der Waals surface area contributed by atoms with Gasteiger partial charge in [-0.2, -0.15) is 0 Å². The summed E-state index contributed by atoms with van der Waals surface area (Å²) in [6.45, 7) is 0.560. The molecule has 66 valence electrons.